The maximum atomic E-state index is 12.0. The third-order valence-electron chi connectivity index (χ3n) is 2.88. The maximum absolute atomic E-state index is 12.0. The molecule has 2 saturated heterocycles. The van der Waals surface area contributed by atoms with E-state index in [0.29, 0.717) is 19.2 Å². The number of morpholine rings is 1. The van der Waals surface area contributed by atoms with Gasteiger partial charge in [0.25, 0.3) is 5.91 Å². The van der Waals surface area contributed by atoms with Gasteiger partial charge in [-0.2, -0.15) is 0 Å². The van der Waals surface area contributed by atoms with Gasteiger partial charge in [0.15, 0.2) is 0 Å². The van der Waals surface area contributed by atoms with E-state index in [1.165, 1.54) is 0 Å². The lowest BCUT2D eigenvalue weighted by atomic mass is 10.2. The minimum atomic E-state index is -0.274. The first-order chi connectivity index (χ1) is 7.27. The SMILES string of the molecule is CC1CN(C(=O)[C@H]2CNCCO2)CCN1. The largest absolute Gasteiger partial charge is 0.366 e. The molecule has 0 aromatic heterocycles. The van der Waals surface area contributed by atoms with E-state index in [-0.39, 0.29) is 12.0 Å². The average Bonchev–Trinajstić information content (AvgIpc) is 2.29. The summed E-state index contributed by atoms with van der Waals surface area (Å²) in [4.78, 5) is 13.9. The molecular weight excluding hydrogens is 194 g/mol. The summed E-state index contributed by atoms with van der Waals surface area (Å²) in [5.41, 5.74) is 0. The number of rotatable bonds is 1. The highest BCUT2D eigenvalue weighted by atomic mass is 16.5. The van der Waals surface area contributed by atoms with Crippen molar-refractivity contribution < 1.29 is 9.53 Å². The van der Waals surface area contributed by atoms with Crippen molar-refractivity contribution >= 4 is 5.91 Å². The van der Waals surface area contributed by atoms with Crippen LogP contribution in [0.25, 0.3) is 0 Å². The Morgan fingerprint density at radius 2 is 2.33 bits per heavy atom. The minimum Gasteiger partial charge on any atom is -0.366 e. The normalized spacial score (nSPS) is 32.7. The molecule has 2 fully saturated rings. The van der Waals surface area contributed by atoms with E-state index in [9.17, 15) is 4.79 Å². The second-order valence-electron chi connectivity index (χ2n) is 4.20. The van der Waals surface area contributed by atoms with Crippen LogP contribution in [0.5, 0.6) is 0 Å². The third-order valence-corrected chi connectivity index (χ3v) is 2.88. The standard InChI is InChI=1S/C10H19N3O2/c1-8-7-13(4-2-12-8)10(14)9-6-11-3-5-15-9/h8-9,11-12H,2-7H2,1H3/t8?,9-/m1/s1. The number of carbonyl (C=O) groups excluding carboxylic acids is 1. The summed E-state index contributed by atoms with van der Waals surface area (Å²) in [5.74, 6) is 0.135. The number of nitrogens with one attached hydrogen (secondary N) is 2. The van der Waals surface area contributed by atoms with Crippen LogP contribution in [-0.2, 0) is 9.53 Å². The van der Waals surface area contributed by atoms with E-state index < -0.39 is 0 Å². The predicted octanol–water partition coefficient (Wildman–Crippen LogP) is -1.20. The van der Waals surface area contributed by atoms with Gasteiger partial charge in [-0.3, -0.25) is 4.79 Å². The third kappa shape index (κ3) is 2.68. The molecular formula is C10H19N3O2. The topological polar surface area (TPSA) is 53.6 Å². The molecule has 0 spiro atoms. The Morgan fingerprint density at radius 1 is 1.47 bits per heavy atom. The van der Waals surface area contributed by atoms with Gasteiger partial charge in [-0.05, 0) is 6.92 Å². The van der Waals surface area contributed by atoms with Crippen LogP contribution in [0.4, 0.5) is 0 Å². The number of ether oxygens (including phenoxy) is 1. The molecule has 2 rings (SSSR count). The molecule has 0 bridgehead atoms. The molecule has 2 N–H and O–H groups in total. The molecule has 2 heterocycles. The van der Waals surface area contributed by atoms with Crippen molar-refractivity contribution in [1.29, 1.82) is 0 Å². The summed E-state index contributed by atoms with van der Waals surface area (Å²) in [6.07, 6.45) is -0.274. The lowest BCUT2D eigenvalue weighted by Crippen LogP contribution is -2.56. The Balaban J connectivity index is 1.88. The molecule has 86 valence electrons. The number of nitrogens with zero attached hydrogens (tertiary/aromatic N) is 1. The minimum absolute atomic E-state index is 0.135. The van der Waals surface area contributed by atoms with E-state index in [1.54, 1.807) is 0 Å². The molecule has 15 heavy (non-hydrogen) atoms. The zero-order chi connectivity index (χ0) is 10.7. The van der Waals surface area contributed by atoms with E-state index in [2.05, 4.69) is 17.6 Å². The van der Waals surface area contributed by atoms with Gasteiger partial charge in [0, 0.05) is 38.8 Å². The first kappa shape index (κ1) is 10.9. The van der Waals surface area contributed by atoms with Crippen molar-refractivity contribution in [3.05, 3.63) is 0 Å². The van der Waals surface area contributed by atoms with Crippen molar-refractivity contribution in [2.75, 3.05) is 39.3 Å². The molecule has 1 amide bonds. The highest BCUT2D eigenvalue weighted by molar-refractivity contribution is 5.81. The average molecular weight is 213 g/mol. The molecule has 5 heteroatoms. The van der Waals surface area contributed by atoms with Crippen molar-refractivity contribution in [2.45, 2.75) is 19.1 Å². The van der Waals surface area contributed by atoms with Gasteiger partial charge in [-0.15, -0.1) is 0 Å². The number of hydrogen-bond acceptors (Lipinski definition) is 4. The Kier molecular flexibility index (Phi) is 3.56. The number of piperazine rings is 1. The van der Waals surface area contributed by atoms with E-state index in [4.69, 9.17) is 4.74 Å². The van der Waals surface area contributed by atoms with Crippen LogP contribution in [0, 0.1) is 0 Å². The van der Waals surface area contributed by atoms with Gasteiger partial charge in [0.1, 0.15) is 6.10 Å². The number of amides is 1. The van der Waals surface area contributed by atoms with E-state index in [1.807, 2.05) is 4.90 Å². The molecule has 0 radical (unpaired) electrons. The van der Waals surface area contributed by atoms with E-state index in [0.717, 1.165) is 26.2 Å². The van der Waals surface area contributed by atoms with Crippen LogP contribution >= 0.6 is 0 Å². The fourth-order valence-corrected chi connectivity index (χ4v) is 2.06. The molecule has 0 aromatic carbocycles. The summed E-state index contributed by atoms with van der Waals surface area (Å²) in [7, 11) is 0. The lowest BCUT2D eigenvalue weighted by molar-refractivity contribution is -0.146. The highest BCUT2D eigenvalue weighted by Crippen LogP contribution is 2.05. The van der Waals surface area contributed by atoms with Crippen LogP contribution in [0.15, 0.2) is 0 Å². The van der Waals surface area contributed by atoms with Gasteiger partial charge >= 0.3 is 0 Å². The van der Waals surface area contributed by atoms with Crippen molar-refractivity contribution in [3.8, 4) is 0 Å². The Morgan fingerprint density at radius 3 is 3.00 bits per heavy atom. The fraction of sp³-hybridized carbons (Fsp3) is 0.900. The summed E-state index contributed by atoms with van der Waals surface area (Å²) in [6, 6.07) is 0.388. The lowest BCUT2D eigenvalue weighted by Gasteiger charge is -2.35. The Bertz CT molecular complexity index is 229. The monoisotopic (exact) mass is 213 g/mol. The zero-order valence-corrected chi connectivity index (χ0v) is 9.16. The smallest absolute Gasteiger partial charge is 0.253 e. The molecule has 5 nitrogen and oxygen atoms in total. The fourth-order valence-electron chi connectivity index (χ4n) is 2.06. The molecule has 0 aromatic rings. The highest BCUT2D eigenvalue weighted by Gasteiger charge is 2.28. The van der Waals surface area contributed by atoms with Gasteiger partial charge < -0.3 is 20.3 Å². The molecule has 0 saturated carbocycles. The second-order valence-corrected chi connectivity index (χ2v) is 4.20. The number of carbonyl (C=O) groups is 1. The Labute approximate surface area is 90.1 Å². The predicted molar refractivity (Wildman–Crippen MR) is 56.7 cm³/mol. The summed E-state index contributed by atoms with van der Waals surface area (Å²) in [5, 5.41) is 6.50. The van der Waals surface area contributed by atoms with Crippen LogP contribution in [0.2, 0.25) is 0 Å². The molecule has 0 aliphatic carbocycles. The van der Waals surface area contributed by atoms with Gasteiger partial charge in [0.05, 0.1) is 6.61 Å². The first-order valence-corrected chi connectivity index (χ1v) is 5.62. The zero-order valence-electron chi connectivity index (χ0n) is 9.16. The quantitative estimate of drug-likeness (QED) is 0.574. The molecule has 1 unspecified atom stereocenters. The summed E-state index contributed by atoms with van der Waals surface area (Å²) in [6.45, 7) is 6.70. The molecule has 2 aliphatic heterocycles. The second kappa shape index (κ2) is 4.92. The summed E-state index contributed by atoms with van der Waals surface area (Å²) >= 11 is 0. The van der Waals surface area contributed by atoms with Crippen LogP contribution < -0.4 is 10.6 Å². The van der Waals surface area contributed by atoms with Crippen molar-refractivity contribution in [2.24, 2.45) is 0 Å². The van der Waals surface area contributed by atoms with Gasteiger partial charge in [0.2, 0.25) is 0 Å². The van der Waals surface area contributed by atoms with Crippen LogP contribution in [0.3, 0.4) is 0 Å². The number of hydrogen-bond donors (Lipinski definition) is 2. The van der Waals surface area contributed by atoms with Crippen molar-refractivity contribution in [3.63, 3.8) is 0 Å². The van der Waals surface area contributed by atoms with Crippen LogP contribution in [-0.4, -0.2) is 62.3 Å². The van der Waals surface area contributed by atoms with Gasteiger partial charge in [-0.1, -0.05) is 0 Å². The Hall–Kier alpha value is -0.650. The molecule has 2 aliphatic rings. The maximum Gasteiger partial charge on any atom is 0.253 e. The van der Waals surface area contributed by atoms with Crippen LogP contribution in [0.1, 0.15) is 6.92 Å². The first-order valence-electron chi connectivity index (χ1n) is 5.62. The summed E-state index contributed by atoms with van der Waals surface area (Å²) < 4.78 is 5.45. The molecule has 2 atom stereocenters. The van der Waals surface area contributed by atoms with E-state index >= 15 is 0 Å². The van der Waals surface area contributed by atoms with Gasteiger partial charge in [-0.25, -0.2) is 0 Å². The van der Waals surface area contributed by atoms with Crippen molar-refractivity contribution in [1.82, 2.24) is 15.5 Å².